The van der Waals surface area contributed by atoms with Gasteiger partial charge in [0.05, 0.1) is 30.6 Å². The zero-order chi connectivity index (χ0) is 23.9. The van der Waals surface area contributed by atoms with Gasteiger partial charge in [-0.15, -0.1) is 0 Å². The fraction of sp³-hybridized carbons (Fsp3) is 0.238. The van der Waals surface area contributed by atoms with E-state index in [9.17, 15) is 22.8 Å². The molecule has 1 atom stereocenters. The molecule has 0 spiro atoms. The number of pyridine rings is 1. The van der Waals surface area contributed by atoms with Crippen molar-refractivity contribution in [2.24, 2.45) is 0 Å². The highest BCUT2D eigenvalue weighted by molar-refractivity contribution is 6.14. The summed E-state index contributed by atoms with van der Waals surface area (Å²) >= 11 is 0. The Labute approximate surface area is 186 Å². The van der Waals surface area contributed by atoms with E-state index in [2.05, 4.69) is 15.4 Å². The number of hydrogen-bond acceptors (Lipinski definition) is 6. The first-order chi connectivity index (χ1) is 15.6. The molecule has 2 amide bonds. The maximum atomic E-state index is 13.3. The Morgan fingerprint density at radius 2 is 1.94 bits per heavy atom. The highest BCUT2D eigenvalue weighted by Crippen LogP contribution is 2.34. The fourth-order valence-electron chi connectivity index (χ4n) is 3.65. The van der Waals surface area contributed by atoms with E-state index in [0.717, 1.165) is 12.1 Å². The minimum absolute atomic E-state index is 0.00384. The molecule has 12 heteroatoms. The molecule has 33 heavy (non-hydrogen) atoms. The highest BCUT2D eigenvalue weighted by atomic mass is 19.4. The Bertz CT molecular complexity index is 1220. The number of rotatable bonds is 4. The van der Waals surface area contributed by atoms with Gasteiger partial charge < -0.3 is 20.7 Å². The van der Waals surface area contributed by atoms with Gasteiger partial charge in [0.2, 0.25) is 0 Å². The molecule has 0 bridgehead atoms. The summed E-state index contributed by atoms with van der Waals surface area (Å²) in [6, 6.07) is 5.47. The van der Waals surface area contributed by atoms with Crippen molar-refractivity contribution < 1.29 is 27.5 Å². The summed E-state index contributed by atoms with van der Waals surface area (Å²) in [5.41, 5.74) is 5.51. The molecule has 0 radical (unpaired) electrons. The van der Waals surface area contributed by atoms with Crippen LogP contribution in [0.4, 0.5) is 30.4 Å². The SMILES string of the molecule is COc1ccnc(N)c1C(=O)Nc1cnn2c1C(=O)N(c1ccc(C(F)(F)F)cc1)C[C@@H]2C. The van der Waals surface area contributed by atoms with Crippen LogP contribution in [-0.2, 0) is 6.18 Å². The predicted molar refractivity (Wildman–Crippen MR) is 113 cm³/mol. The van der Waals surface area contributed by atoms with E-state index < -0.39 is 23.6 Å². The van der Waals surface area contributed by atoms with Crippen LogP contribution in [-0.4, -0.2) is 40.2 Å². The van der Waals surface area contributed by atoms with Crippen LogP contribution >= 0.6 is 0 Å². The summed E-state index contributed by atoms with van der Waals surface area (Å²) < 4.78 is 45.3. The largest absolute Gasteiger partial charge is 0.496 e. The van der Waals surface area contributed by atoms with Crippen LogP contribution < -0.4 is 20.7 Å². The maximum absolute atomic E-state index is 13.3. The summed E-state index contributed by atoms with van der Waals surface area (Å²) in [7, 11) is 1.38. The van der Waals surface area contributed by atoms with Gasteiger partial charge >= 0.3 is 6.18 Å². The van der Waals surface area contributed by atoms with Gasteiger partial charge in [-0.25, -0.2) is 4.98 Å². The highest BCUT2D eigenvalue weighted by Gasteiger charge is 2.35. The van der Waals surface area contributed by atoms with Gasteiger partial charge in [0.1, 0.15) is 17.1 Å². The Morgan fingerprint density at radius 3 is 2.58 bits per heavy atom. The van der Waals surface area contributed by atoms with Crippen LogP contribution in [0.3, 0.4) is 0 Å². The zero-order valence-corrected chi connectivity index (χ0v) is 17.6. The molecular formula is C21H19F3N6O3. The van der Waals surface area contributed by atoms with Crippen molar-refractivity contribution in [3.63, 3.8) is 0 Å². The molecule has 4 rings (SSSR count). The number of nitrogen functional groups attached to an aromatic ring is 1. The van der Waals surface area contributed by atoms with Crippen LogP contribution in [0, 0.1) is 0 Å². The lowest BCUT2D eigenvalue weighted by Crippen LogP contribution is -2.43. The van der Waals surface area contributed by atoms with Gasteiger partial charge in [-0.05, 0) is 37.3 Å². The normalized spacial score (nSPS) is 15.8. The molecule has 172 valence electrons. The molecule has 2 aromatic heterocycles. The number of nitrogens with one attached hydrogen (secondary N) is 1. The lowest BCUT2D eigenvalue weighted by Gasteiger charge is -2.32. The molecule has 3 aromatic rings. The summed E-state index contributed by atoms with van der Waals surface area (Å²) in [6.07, 6.45) is -1.76. The third-order valence-corrected chi connectivity index (χ3v) is 5.25. The average molecular weight is 460 g/mol. The van der Waals surface area contributed by atoms with Gasteiger partial charge in [-0.3, -0.25) is 14.3 Å². The third-order valence-electron chi connectivity index (χ3n) is 5.25. The molecule has 1 aliphatic heterocycles. The first kappa shape index (κ1) is 22.1. The second-order valence-electron chi connectivity index (χ2n) is 7.39. The van der Waals surface area contributed by atoms with Gasteiger partial charge in [0.15, 0.2) is 5.69 Å². The Kier molecular flexibility index (Phi) is 5.44. The molecule has 1 aromatic carbocycles. The van der Waals surface area contributed by atoms with E-state index in [4.69, 9.17) is 10.5 Å². The van der Waals surface area contributed by atoms with Gasteiger partial charge in [-0.1, -0.05) is 0 Å². The number of hydrogen-bond donors (Lipinski definition) is 2. The quantitative estimate of drug-likeness (QED) is 0.617. The van der Waals surface area contributed by atoms with E-state index in [1.165, 1.54) is 47.3 Å². The van der Waals surface area contributed by atoms with Crippen molar-refractivity contribution in [3.8, 4) is 5.75 Å². The summed E-state index contributed by atoms with van der Waals surface area (Å²) in [5, 5.41) is 6.82. The van der Waals surface area contributed by atoms with Crippen LogP contribution in [0.15, 0.2) is 42.7 Å². The molecule has 0 aliphatic carbocycles. The van der Waals surface area contributed by atoms with E-state index in [-0.39, 0.29) is 41.1 Å². The lowest BCUT2D eigenvalue weighted by molar-refractivity contribution is -0.137. The number of nitrogens with two attached hydrogens (primary N) is 1. The average Bonchev–Trinajstić information content (AvgIpc) is 3.19. The number of methoxy groups -OCH3 is 1. The van der Waals surface area contributed by atoms with Crippen molar-refractivity contribution in [2.75, 3.05) is 29.6 Å². The molecule has 0 unspecified atom stereocenters. The first-order valence-electron chi connectivity index (χ1n) is 9.78. The number of alkyl halides is 3. The number of halogens is 3. The van der Waals surface area contributed by atoms with Crippen molar-refractivity contribution in [1.82, 2.24) is 14.8 Å². The molecule has 0 saturated heterocycles. The molecule has 0 saturated carbocycles. The minimum Gasteiger partial charge on any atom is -0.496 e. The van der Waals surface area contributed by atoms with Crippen LogP contribution in [0.25, 0.3) is 0 Å². The standard InChI is InChI=1S/C21H19F3N6O3/c1-11-10-29(13-5-3-12(4-6-13)21(22,23)24)20(32)17-14(9-27-30(11)17)28-19(31)16-15(33-2)7-8-26-18(16)25/h3-9,11H,10H2,1-2H3,(H2,25,26)(H,28,31)/t11-/m0/s1. The predicted octanol–water partition coefficient (Wildman–Crippen LogP) is 3.36. The number of amides is 2. The fourth-order valence-corrected chi connectivity index (χ4v) is 3.65. The number of carbonyl (C=O) groups is 2. The van der Waals surface area contributed by atoms with Crippen molar-refractivity contribution >= 4 is 29.0 Å². The summed E-state index contributed by atoms with van der Waals surface area (Å²) in [5.74, 6) is -1.03. The Hall–Kier alpha value is -4.09. The number of nitrogens with zero attached hydrogens (tertiary/aromatic N) is 4. The second-order valence-corrected chi connectivity index (χ2v) is 7.39. The number of aromatic nitrogens is 3. The Balaban J connectivity index is 1.66. The van der Waals surface area contributed by atoms with E-state index >= 15 is 0 Å². The number of ether oxygens (including phenoxy) is 1. The zero-order valence-electron chi connectivity index (χ0n) is 17.6. The molecular weight excluding hydrogens is 441 g/mol. The lowest BCUT2D eigenvalue weighted by atomic mass is 10.1. The molecule has 3 heterocycles. The summed E-state index contributed by atoms with van der Waals surface area (Å²) in [4.78, 5) is 31.4. The number of carbonyl (C=O) groups excluding carboxylic acids is 2. The number of benzene rings is 1. The van der Waals surface area contributed by atoms with Crippen molar-refractivity contribution in [2.45, 2.75) is 19.1 Å². The van der Waals surface area contributed by atoms with E-state index in [1.807, 2.05) is 0 Å². The minimum atomic E-state index is -4.48. The molecule has 3 N–H and O–H groups in total. The monoisotopic (exact) mass is 460 g/mol. The van der Waals surface area contributed by atoms with Gasteiger partial charge in [-0.2, -0.15) is 18.3 Å². The first-order valence-corrected chi connectivity index (χ1v) is 9.78. The van der Waals surface area contributed by atoms with Crippen LogP contribution in [0.2, 0.25) is 0 Å². The van der Waals surface area contributed by atoms with Crippen molar-refractivity contribution in [1.29, 1.82) is 0 Å². The van der Waals surface area contributed by atoms with E-state index in [0.29, 0.717) is 5.69 Å². The van der Waals surface area contributed by atoms with Crippen LogP contribution in [0.1, 0.15) is 39.4 Å². The number of fused-ring (bicyclic) bond motifs is 1. The number of anilines is 3. The molecule has 1 aliphatic rings. The van der Waals surface area contributed by atoms with Crippen molar-refractivity contribution in [3.05, 3.63) is 59.5 Å². The molecule has 0 fully saturated rings. The second kappa shape index (κ2) is 8.11. The van der Waals surface area contributed by atoms with Crippen LogP contribution in [0.5, 0.6) is 5.75 Å². The smallest absolute Gasteiger partial charge is 0.416 e. The maximum Gasteiger partial charge on any atom is 0.416 e. The topological polar surface area (TPSA) is 115 Å². The molecule has 9 nitrogen and oxygen atoms in total. The third kappa shape index (κ3) is 3.95. The summed E-state index contributed by atoms with van der Waals surface area (Å²) in [6.45, 7) is 1.99. The van der Waals surface area contributed by atoms with Gasteiger partial charge in [0, 0.05) is 18.4 Å². The van der Waals surface area contributed by atoms with Gasteiger partial charge in [0.25, 0.3) is 11.8 Å². The Morgan fingerprint density at radius 1 is 1.24 bits per heavy atom. The van der Waals surface area contributed by atoms with E-state index in [1.54, 1.807) is 6.92 Å².